The molecule has 0 aromatic rings. The molecule has 360 valence electrons. The van der Waals surface area contributed by atoms with Crippen molar-refractivity contribution in [1.82, 2.24) is 31.9 Å². The van der Waals surface area contributed by atoms with Gasteiger partial charge in [-0.25, -0.2) is 0 Å². The summed E-state index contributed by atoms with van der Waals surface area (Å²) in [6.45, 7) is 29.2. The predicted octanol–water partition coefficient (Wildman–Crippen LogP) is 8.56. The van der Waals surface area contributed by atoms with Crippen LogP contribution in [0.3, 0.4) is 0 Å². The molecule has 3 atom stereocenters. The van der Waals surface area contributed by atoms with Crippen LogP contribution in [0.15, 0.2) is 35.7 Å². The third kappa shape index (κ3) is 12.1. The zero-order chi connectivity index (χ0) is 45.9. The maximum absolute atomic E-state index is 15.8. The van der Waals surface area contributed by atoms with Crippen molar-refractivity contribution in [3.8, 4) is 0 Å². The highest BCUT2D eigenvalue weighted by molar-refractivity contribution is 5.27. The van der Waals surface area contributed by atoms with E-state index in [1.54, 1.807) is 0 Å². The highest BCUT2D eigenvalue weighted by Gasteiger charge is 2.51. The molecule has 0 spiro atoms. The zero-order valence-corrected chi connectivity index (χ0v) is 42.1. The van der Waals surface area contributed by atoms with E-state index in [2.05, 4.69) is 133 Å². The van der Waals surface area contributed by atoms with E-state index in [0.717, 1.165) is 94.5 Å². The van der Waals surface area contributed by atoms with Crippen LogP contribution in [-0.4, -0.2) is 105 Å². The largest absolute Gasteiger partial charge is 0.632 e. The highest BCUT2D eigenvalue weighted by Crippen LogP contribution is 2.42. The van der Waals surface area contributed by atoms with Gasteiger partial charge in [0.25, 0.3) is 0 Å². The molecule has 63 heavy (non-hydrogen) atoms. The van der Waals surface area contributed by atoms with Gasteiger partial charge in [0.2, 0.25) is 0 Å². The Morgan fingerprint density at radius 3 is 0.746 bits per heavy atom. The lowest BCUT2D eigenvalue weighted by molar-refractivity contribution is -0.915. The summed E-state index contributed by atoms with van der Waals surface area (Å²) in [5.74, 6) is 3.18. The number of hydrogen-bond donors (Lipinski definition) is 6. The van der Waals surface area contributed by atoms with E-state index in [0.29, 0.717) is 39.3 Å². The summed E-state index contributed by atoms with van der Waals surface area (Å²) in [4.78, 5) is 0. The van der Waals surface area contributed by atoms with Gasteiger partial charge in [-0.3, -0.25) is 16.0 Å². The monoisotopic (exact) mass is 880 g/mol. The van der Waals surface area contributed by atoms with E-state index >= 15 is 15.6 Å². The average Bonchev–Trinajstić information content (AvgIpc) is 3.11. The third-order valence-corrected chi connectivity index (χ3v) is 15.9. The molecular formula is C51H93N9O3. The van der Waals surface area contributed by atoms with Gasteiger partial charge in [-0.15, -0.1) is 0 Å². The molecule has 0 bridgehead atoms. The van der Waals surface area contributed by atoms with Crippen LogP contribution < -0.4 is 31.9 Å². The van der Waals surface area contributed by atoms with Crippen LogP contribution in [0.25, 0.3) is 0 Å². The second-order valence-corrected chi connectivity index (χ2v) is 26.3. The second kappa shape index (κ2) is 17.7. The van der Waals surface area contributed by atoms with Gasteiger partial charge in [-0.05, 0) is 122 Å². The molecule has 7 aliphatic rings. The lowest BCUT2D eigenvalue weighted by Gasteiger charge is -2.61. The summed E-state index contributed by atoms with van der Waals surface area (Å²) in [6, 6.07) is -0.777. The maximum Gasteiger partial charge on any atom is 0.114 e. The first-order valence-corrected chi connectivity index (χ1v) is 25.7. The van der Waals surface area contributed by atoms with Crippen molar-refractivity contribution in [2.24, 2.45) is 17.8 Å². The predicted molar refractivity (Wildman–Crippen MR) is 259 cm³/mol. The van der Waals surface area contributed by atoms with Crippen molar-refractivity contribution in [2.45, 2.75) is 231 Å². The van der Waals surface area contributed by atoms with Gasteiger partial charge in [0.15, 0.2) is 0 Å². The second-order valence-electron chi connectivity index (χ2n) is 26.3. The standard InChI is InChI=1S/C51H93N9O3/c1-46(2)31-58(61,32-47(3,4)55-46)40(37-22-16-13-17-23-37)28-43-52-44(29-41(38-24-18-14-19-25-38)59(62)33-48(5,6)56-49(7,8)34-59)54-45(53-43)30-42(39-26-20-15-21-27-39)60(63)35-50(9,10)57-51(11,12)36-60/h28-30,37-42,52-57H,13-27,31-36H2,1-12H3. The van der Waals surface area contributed by atoms with E-state index in [1.165, 1.54) is 19.3 Å². The Kier molecular flexibility index (Phi) is 13.8. The molecule has 3 saturated carbocycles. The van der Waals surface area contributed by atoms with Crippen LogP contribution in [-0.2, 0) is 0 Å². The van der Waals surface area contributed by atoms with Crippen LogP contribution in [0.4, 0.5) is 0 Å². The van der Waals surface area contributed by atoms with Crippen molar-refractivity contribution >= 4 is 0 Å². The summed E-state index contributed by atoms with van der Waals surface area (Å²) in [6.07, 6.45) is 23.6. The van der Waals surface area contributed by atoms with Gasteiger partial charge in [0.1, 0.15) is 35.6 Å². The fraction of sp³-hybridized carbons (Fsp3) is 0.882. The molecule has 7 fully saturated rings. The Hall–Kier alpha value is -1.74. The molecule has 6 N–H and O–H groups in total. The molecule has 4 saturated heterocycles. The molecular weight excluding hydrogens is 787 g/mol. The maximum atomic E-state index is 15.8. The van der Waals surface area contributed by atoms with Crippen molar-refractivity contribution in [3.05, 3.63) is 51.3 Å². The first-order valence-electron chi connectivity index (χ1n) is 25.7. The SMILES string of the molecule is CC1(C)C[N+]([O-])(C(C=C2NC(=CC(C3CCCCC3)[N+]3([O-])CC(C)(C)NC(C)(C)C3)NC(=CC(C3CCCCC3)[N+]3([O-])CC(C)(C)NC(C)(C)C3)N2)C2CCCCC2)CC(C)(C)N1. The van der Waals surface area contributed by atoms with Gasteiger partial charge in [0, 0.05) is 36.0 Å². The number of quaternary nitrogens is 3. The number of hydroxylamine groups is 9. The lowest BCUT2D eigenvalue weighted by Crippen LogP contribution is -2.75. The number of nitrogens with zero attached hydrogens (tertiary/aromatic N) is 3. The third-order valence-electron chi connectivity index (χ3n) is 15.9. The molecule has 0 radical (unpaired) electrons. The number of nitrogens with one attached hydrogen (secondary N) is 6. The highest BCUT2D eigenvalue weighted by atomic mass is 16.6. The van der Waals surface area contributed by atoms with Gasteiger partial charge in [-0.2, -0.15) is 0 Å². The van der Waals surface area contributed by atoms with Crippen LogP contribution in [0.5, 0.6) is 0 Å². The minimum absolute atomic E-state index is 0.259. The van der Waals surface area contributed by atoms with E-state index in [4.69, 9.17) is 0 Å². The van der Waals surface area contributed by atoms with Gasteiger partial charge < -0.3 is 45.5 Å². The molecule has 7 rings (SSSR count). The van der Waals surface area contributed by atoms with Gasteiger partial charge in [0.05, 0.1) is 72.5 Å². The first kappa shape index (κ1) is 49.2. The number of piperazine rings is 3. The number of rotatable bonds is 9. The Bertz CT molecular complexity index is 1440. The van der Waals surface area contributed by atoms with Gasteiger partial charge in [-0.1, -0.05) is 57.8 Å². The number of hydrogen-bond acceptors (Lipinski definition) is 9. The van der Waals surface area contributed by atoms with E-state index in [-0.39, 0.29) is 83.1 Å². The summed E-state index contributed by atoms with van der Waals surface area (Å²) in [5.41, 5.74) is -1.95. The Morgan fingerprint density at radius 2 is 0.556 bits per heavy atom. The van der Waals surface area contributed by atoms with E-state index in [1.807, 2.05) is 0 Å². The smallest absolute Gasteiger partial charge is 0.114 e. The normalized spacial score (nSPS) is 31.6. The van der Waals surface area contributed by atoms with Crippen LogP contribution >= 0.6 is 0 Å². The van der Waals surface area contributed by atoms with Crippen molar-refractivity contribution < 1.29 is 13.9 Å². The first-order chi connectivity index (χ1) is 29.1. The fourth-order valence-corrected chi connectivity index (χ4v) is 15.5. The van der Waals surface area contributed by atoms with E-state index < -0.39 is 0 Å². The Balaban J connectivity index is 1.37. The van der Waals surface area contributed by atoms with Gasteiger partial charge >= 0.3 is 0 Å². The lowest BCUT2D eigenvalue weighted by atomic mass is 9.80. The molecule has 4 aliphatic heterocycles. The molecule has 3 unspecified atom stereocenters. The van der Waals surface area contributed by atoms with Crippen molar-refractivity contribution in [1.29, 1.82) is 0 Å². The molecule has 12 nitrogen and oxygen atoms in total. The van der Waals surface area contributed by atoms with Crippen LogP contribution in [0.2, 0.25) is 0 Å². The minimum Gasteiger partial charge on any atom is -0.632 e. The van der Waals surface area contributed by atoms with Crippen molar-refractivity contribution in [3.63, 3.8) is 0 Å². The summed E-state index contributed by atoms with van der Waals surface area (Å²) in [7, 11) is 0. The molecule has 3 aliphatic carbocycles. The zero-order valence-electron chi connectivity index (χ0n) is 42.1. The Labute approximate surface area is 383 Å². The molecule has 0 amide bonds. The Morgan fingerprint density at radius 1 is 0.365 bits per heavy atom. The molecule has 4 heterocycles. The molecule has 0 aromatic carbocycles. The molecule has 0 aromatic heterocycles. The summed E-state index contributed by atoms with van der Waals surface area (Å²) < 4.78 is -0.831. The topological polar surface area (TPSA) is 141 Å². The van der Waals surface area contributed by atoms with E-state index in [9.17, 15) is 0 Å². The summed E-state index contributed by atoms with van der Waals surface area (Å²) >= 11 is 0. The van der Waals surface area contributed by atoms with Crippen LogP contribution in [0, 0.1) is 33.4 Å². The fourth-order valence-electron chi connectivity index (χ4n) is 15.5. The molecule has 12 heteroatoms. The van der Waals surface area contributed by atoms with Crippen molar-refractivity contribution in [2.75, 3.05) is 39.3 Å². The minimum atomic E-state index is -0.325. The quantitative estimate of drug-likeness (QED) is 0.0993. The average molecular weight is 880 g/mol. The van der Waals surface area contributed by atoms with Crippen LogP contribution in [0.1, 0.15) is 179 Å². The summed E-state index contributed by atoms with van der Waals surface area (Å²) in [5, 5.41) is 70.1.